The maximum atomic E-state index is 11.0. The van der Waals surface area contributed by atoms with Crippen molar-refractivity contribution in [2.24, 2.45) is 5.92 Å². The molecule has 1 heterocycles. The lowest BCUT2D eigenvalue weighted by Crippen LogP contribution is -2.23. The van der Waals surface area contributed by atoms with E-state index in [4.69, 9.17) is 5.11 Å². The van der Waals surface area contributed by atoms with Gasteiger partial charge in [-0.25, -0.2) is 9.97 Å². The molecular weight excluding hydrogens is 230 g/mol. The van der Waals surface area contributed by atoms with Gasteiger partial charge in [0.05, 0.1) is 5.92 Å². The second kappa shape index (κ2) is 6.93. The fourth-order valence-electron chi connectivity index (χ4n) is 1.77. The largest absolute Gasteiger partial charge is 0.481 e. The van der Waals surface area contributed by atoms with Crippen molar-refractivity contribution in [2.75, 3.05) is 11.9 Å². The third-order valence-electron chi connectivity index (χ3n) is 2.73. The van der Waals surface area contributed by atoms with Crippen LogP contribution in [0.3, 0.4) is 0 Å². The lowest BCUT2D eigenvalue weighted by Gasteiger charge is -2.13. The molecule has 0 aliphatic rings. The van der Waals surface area contributed by atoms with Gasteiger partial charge in [-0.2, -0.15) is 0 Å². The van der Waals surface area contributed by atoms with Crippen molar-refractivity contribution in [3.05, 3.63) is 17.6 Å². The van der Waals surface area contributed by atoms with E-state index in [9.17, 15) is 4.79 Å². The summed E-state index contributed by atoms with van der Waals surface area (Å²) in [6, 6.07) is 1.84. The molecule has 5 nitrogen and oxygen atoms in total. The average molecular weight is 251 g/mol. The van der Waals surface area contributed by atoms with Crippen LogP contribution in [0.2, 0.25) is 0 Å². The first kappa shape index (κ1) is 14.4. The van der Waals surface area contributed by atoms with Gasteiger partial charge in [-0.05, 0) is 13.3 Å². The number of carbonyl (C=O) groups is 1. The van der Waals surface area contributed by atoms with Gasteiger partial charge in [0.1, 0.15) is 11.6 Å². The summed E-state index contributed by atoms with van der Waals surface area (Å²) >= 11 is 0. The van der Waals surface area contributed by atoms with E-state index in [-0.39, 0.29) is 5.92 Å². The monoisotopic (exact) mass is 251 g/mol. The number of carboxylic acid groups (broad SMARTS) is 1. The number of rotatable bonds is 7. The molecule has 0 saturated carbocycles. The van der Waals surface area contributed by atoms with Gasteiger partial charge in [0, 0.05) is 24.7 Å². The van der Waals surface area contributed by atoms with E-state index in [1.165, 1.54) is 0 Å². The van der Waals surface area contributed by atoms with Gasteiger partial charge in [0.2, 0.25) is 0 Å². The zero-order valence-electron chi connectivity index (χ0n) is 11.2. The van der Waals surface area contributed by atoms with E-state index < -0.39 is 5.97 Å². The minimum atomic E-state index is -0.758. The Morgan fingerprint density at radius 2 is 2.17 bits per heavy atom. The van der Waals surface area contributed by atoms with Gasteiger partial charge in [-0.1, -0.05) is 20.3 Å². The molecule has 5 heteroatoms. The van der Waals surface area contributed by atoms with Crippen molar-refractivity contribution in [1.82, 2.24) is 9.97 Å². The minimum absolute atomic E-state index is 0.365. The van der Waals surface area contributed by atoms with Crippen LogP contribution < -0.4 is 5.32 Å². The number of anilines is 1. The third-order valence-corrected chi connectivity index (χ3v) is 2.73. The maximum Gasteiger partial charge on any atom is 0.308 e. The molecule has 0 amide bonds. The van der Waals surface area contributed by atoms with E-state index in [1.54, 1.807) is 0 Å². The standard InChI is InChI=1S/C13H21N3O2/c1-4-6-10(13(17)18)8-14-12-7-9(3)15-11(5-2)16-12/h7,10H,4-6,8H2,1-3H3,(H,17,18)(H,14,15,16). The van der Waals surface area contributed by atoms with Crippen molar-refractivity contribution in [3.8, 4) is 0 Å². The highest BCUT2D eigenvalue weighted by Crippen LogP contribution is 2.11. The molecule has 18 heavy (non-hydrogen) atoms. The van der Waals surface area contributed by atoms with Gasteiger partial charge in [-0.15, -0.1) is 0 Å². The Hall–Kier alpha value is -1.65. The highest BCUT2D eigenvalue weighted by molar-refractivity contribution is 5.70. The van der Waals surface area contributed by atoms with Crippen LogP contribution in [0.25, 0.3) is 0 Å². The fraction of sp³-hybridized carbons (Fsp3) is 0.615. The average Bonchev–Trinajstić information content (AvgIpc) is 2.33. The Kier molecular flexibility index (Phi) is 5.55. The second-order valence-corrected chi connectivity index (χ2v) is 4.37. The zero-order valence-corrected chi connectivity index (χ0v) is 11.2. The number of hydrogen-bond acceptors (Lipinski definition) is 4. The molecule has 0 fully saturated rings. The SMILES string of the molecule is CCCC(CNc1cc(C)nc(CC)n1)C(=O)O. The number of aliphatic carboxylic acids is 1. The van der Waals surface area contributed by atoms with Crippen LogP contribution in [-0.2, 0) is 11.2 Å². The normalized spacial score (nSPS) is 12.2. The number of aromatic nitrogens is 2. The smallest absolute Gasteiger partial charge is 0.308 e. The molecule has 1 aromatic heterocycles. The van der Waals surface area contributed by atoms with Crippen LogP contribution in [0, 0.1) is 12.8 Å². The summed E-state index contributed by atoms with van der Waals surface area (Å²) in [5.41, 5.74) is 0.895. The van der Waals surface area contributed by atoms with Crippen LogP contribution in [0.15, 0.2) is 6.07 Å². The molecule has 1 aromatic rings. The molecular formula is C13H21N3O2. The summed E-state index contributed by atoms with van der Waals surface area (Å²) in [6.07, 6.45) is 2.31. The Morgan fingerprint density at radius 3 is 2.72 bits per heavy atom. The van der Waals surface area contributed by atoms with Crippen LogP contribution in [0.4, 0.5) is 5.82 Å². The molecule has 100 valence electrons. The molecule has 0 saturated heterocycles. The molecule has 2 N–H and O–H groups in total. The lowest BCUT2D eigenvalue weighted by atomic mass is 10.0. The van der Waals surface area contributed by atoms with Gasteiger partial charge in [0.25, 0.3) is 0 Å². The molecule has 0 aliphatic heterocycles. The van der Waals surface area contributed by atoms with Gasteiger partial charge in [0.15, 0.2) is 0 Å². The molecule has 1 rings (SSSR count). The lowest BCUT2D eigenvalue weighted by molar-refractivity contribution is -0.141. The highest BCUT2D eigenvalue weighted by Gasteiger charge is 2.16. The molecule has 1 atom stereocenters. The zero-order chi connectivity index (χ0) is 13.5. The van der Waals surface area contributed by atoms with E-state index >= 15 is 0 Å². The molecule has 1 unspecified atom stereocenters. The minimum Gasteiger partial charge on any atom is -0.481 e. The van der Waals surface area contributed by atoms with Crippen molar-refractivity contribution in [3.63, 3.8) is 0 Å². The van der Waals surface area contributed by atoms with Crippen LogP contribution >= 0.6 is 0 Å². The Morgan fingerprint density at radius 1 is 1.44 bits per heavy atom. The van der Waals surface area contributed by atoms with Crippen molar-refractivity contribution >= 4 is 11.8 Å². The van der Waals surface area contributed by atoms with E-state index in [0.29, 0.717) is 18.8 Å². The number of nitrogens with zero attached hydrogens (tertiary/aromatic N) is 2. The highest BCUT2D eigenvalue weighted by atomic mass is 16.4. The van der Waals surface area contributed by atoms with Crippen LogP contribution in [-0.4, -0.2) is 27.6 Å². The summed E-state index contributed by atoms with van der Waals surface area (Å²) in [5, 5.41) is 12.2. The fourth-order valence-corrected chi connectivity index (χ4v) is 1.77. The summed E-state index contributed by atoms with van der Waals surface area (Å²) in [5.74, 6) is 0.364. The van der Waals surface area contributed by atoms with Crippen LogP contribution in [0.5, 0.6) is 0 Å². The van der Waals surface area contributed by atoms with E-state index in [2.05, 4.69) is 15.3 Å². The summed E-state index contributed by atoms with van der Waals surface area (Å²) in [7, 11) is 0. The van der Waals surface area contributed by atoms with Crippen molar-refractivity contribution in [2.45, 2.75) is 40.0 Å². The first-order valence-electron chi connectivity index (χ1n) is 6.38. The summed E-state index contributed by atoms with van der Waals surface area (Å²) in [4.78, 5) is 19.6. The molecule has 0 bridgehead atoms. The van der Waals surface area contributed by atoms with Crippen molar-refractivity contribution < 1.29 is 9.90 Å². The second-order valence-electron chi connectivity index (χ2n) is 4.37. The first-order chi connectivity index (χ1) is 8.56. The maximum absolute atomic E-state index is 11.0. The summed E-state index contributed by atoms with van der Waals surface area (Å²) < 4.78 is 0. The third kappa shape index (κ3) is 4.31. The number of aryl methyl sites for hydroxylation is 2. The van der Waals surface area contributed by atoms with Crippen molar-refractivity contribution in [1.29, 1.82) is 0 Å². The predicted octanol–water partition coefficient (Wildman–Crippen LogP) is 2.26. The number of nitrogens with one attached hydrogen (secondary N) is 1. The Balaban J connectivity index is 2.66. The Bertz CT molecular complexity index is 407. The summed E-state index contributed by atoms with van der Waals surface area (Å²) in [6.45, 7) is 6.30. The quantitative estimate of drug-likeness (QED) is 0.777. The topological polar surface area (TPSA) is 75.1 Å². The van der Waals surface area contributed by atoms with Gasteiger partial charge >= 0.3 is 5.97 Å². The predicted molar refractivity (Wildman–Crippen MR) is 70.7 cm³/mol. The molecule has 0 spiro atoms. The van der Waals surface area contributed by atoms with Gasteiger partial charge in [-0.3, -0.25) is 4.79 Å². The molecule has 0 aliphatic carbocycles. The van der Waals surface area contributed by atoms with Crippen LogP contribution in [0.1, 0.15) is 38.2 Å². The molecule has 0 aromatic carbocycles. The van der Waals surface area contributed by atoms with Gasteiger partial charge < -0.3 is 10.4 Å². The Labute approximate surface area is 108 Å². The number of hydrogen-bond donors (Lipinski definition) is 2. The van der Waals surface area contributed by atoms with E-state index in [0.717, 1.165) is 24.4 Å². The first-order valence-corrected chi connectivity index (χ1v) is 6.38. The number of carboxylic acids is 1. The van der Waals surface area contributed by atoms with E-state index in [1.807, 2.05) is 26.8 Å². The molecule has 0 radical (unpaired) electrons.